The van der Waals surface area contributed by atoms with Crippen LogP contribution < -0.4 is 0 Å². The number of nitrogens with zero attached hydrogens (tertiary/aromatic N) is 2. The average molecular weight is 466 g/mol. The molecule has 1 aliphatic rings. The lowest BCUT2D eigenvalue weighted by Crippen LogP contribution is -2.28. The minimum Gasteiger partial charge on any atom is -0.478 e. The monoisotopic (exact) mass is 464 g/mol. The largest absolute Gasteiger partial charge is 0.478 e. The van der Waals surface area contributed by atoms with Gasteiger partial charge in [-0.2, -0.15) is 0 Å². The van der Waals surface area contributed by atoms with Crippen molar-refractivity contribution in [3.8, 4) is 0 Å². The van der Waals surface area contributed by atoms with E-state index < -0.39 is 5.97 Å². The second-order valence-electron chi connectivity index (χ2n) is 5.58. The first-order valence-electron chi connectivity index (χ1n) is 7.97. The van der Waals surface area contributed by atoms with E-state index in [1.165, 1.54) is 23.9 Å². The van der Waals surface area contributed by atoms with E-state index in [-0.39, 0.29) is 11.5 Å². The molecule has 5 nitrogen and oxygen atoms in total. The normalized spacial score (nSPS) is 17.1. The van der Waals surface area contributed by atoms with Crippen molar-refractivity contribution in [1.29, 1.82) is 0 Å². The van der Waals surface area contributed by atoms with Gasteiger partial charge in [0.15, 0.2) is 5.17 Å². The molecule has 8 heteroatoms. The summed E-state index contributed by atoms with van der Waals surface area (Å²) in [4.78, 5) is 30.3. The predicted octanol–water partition coefficient (Wildman–Crippen LogP) is 5.42. The van der Waals surface area contributed by atoms with Crippen LogP contribution in [0.15, 0.2) is 56.8 Å². The molecule has 138 valence electrons. The number of halogens is 2. The lowest BCUT2D eigenvalue weighted by molar-refractivity contribution is -0.122. The summed E-state index contributed by atoms with van der Waals surface area (Å²) in [7, 11) is 0. The van der Waals surface area contributed by atoms with Gasteiger partial charge in [0, 0.05) is 11.0 Å². The van der Waals surface area contributed by atoms with Crippen LogP contribution in [0.3, 0.4) is 0 Å². The topological polar surface area (TPSA) is 70.0 Å². The van der Waals surface area contributed by atoms with Crippen molar-refractivity contribution >= 4 is 68.1 Å². The van der Waals surface area contributed by atoms with Gasteiger partial charge in [0.2, 0.25) is 0 Å². The number of carbonyl (C=O) groups excluding carboxylic acids is 1. The summed E-state index contributed by atoms with van der Waals surface area (Å²) in [6, 6.07) is 11.7. The first-order valence-corrected chi connectivity index (χ1v) is 9.96. The average Bonchev–Trinajstić information content (AvgIpc) is 2.93. The lowest BCUT2D eigenvalue weighted by atomic mass is 10.1. The highest BCUT2D eigenvalue weighted by atomic mass is 79.9. The fourth-order valence-electron chi connectivity index (χ4n) is 2.41. The quantitative estimate of drug-likeness (QED) is 0.612. The Morgan fingerprint density at radius 1 is 1.30 bits per heavy atom. The summed E-state index contributed by atoms with van der Waals surface area (Å²) in [6.07, 6.45) is 1.73. The molecule has 0 bridgehead atoms. The van der Waals surface area contributed by atoms with Crippen molar-refractivity contribution < 1.29 is 14.7 Å². The first-order chi connectivity index (χ1) is 12.9. The van der Waals surface area contributed by atoms with Crippen LogP contribution in [-0.2, 0) is 4.79 Å². The molecule has 1 saturated heterocycles. The van der Waals surface area contributed by atoms with Gasteiger partial charge in [0.05, 0.1) is 21.2 Å². The van der Waals surface area contributed by atoms with Crippen molar-refractivity contribution in [2.45, 2.75) is 6.92 Å². The number of carboxylic acids is 1. The highest BCUT2D eigenvalue weighted by molar-refractivity contribution is 9.10. The van der Waals surface area contributed by atoms with E-state index >= 15 is 0 Å². The molecule has 0 aromatic heterocycles. The molecule has 0 atom stereocenters. The maximum Gasteiger partial charge on any atom is 0.335 e. The molecule has 2 aromatic carbocycles. The van der Waals surface area contributed by atoms with Crippen LogP contribution in [0, 0.1) is 0 Å². The second kappa shape index (κ2) is 8.29. The summed E-state index contributed by atoms with van der Waals surface area (Å²) in [5, 5.41) is 10.1. The van der Waals surface area contributed by atoms with Gasteiger partial charge in [0.25, 0.3) is 5.91 Å². The highest BCUT2D eigenvalue weighted by Gasteiger charge is 2.32. The molecule has 1 aliphatic heterocycles. The van der Waals surface area contributed by atoms with Crippen LogP contribution in [0.5, 0.6) is 0 Å². The molecular weight excluding hydrogens is 452 g/mol. The van der Waals surface area contributed by atoms with Crippen molar-refractivity contribution in [2.75, 3.05) is 6.54 Å². The van der Waals surface area contributed by atoms with E-state index in [0.717, 1.165) is 10.0 Å². The van der Waals surface area contributed by atoms with Gasteiger partial charge in [-0.25, -0.2) is 9.79 Å². The van der Waals surface area contributed by atoms with Crippen LogP contribution >= 0.6 is 39.3 Å². The van der Waals surface area contributed by atoms with Crippen molar-refractivity contribution in [2.24, 2.45) is 4.99 Å². The van der Waals surface area contributed by atoms with Crippen molar-refractivity contribution in [1.82, 2.24) is 4.90 Å². The minimum atomic E-state index is -0.986. The Kier molecular flexibility index (Phi) is 6.04. The SMILES string of the molecule is CCN1C(=O)/C(=C/c2ccc(C(=O)O)cc2)SC1=Nc1ccc(Br)c(Cl)c1. The molecule has 0 aliphatic carbocycles. The lowest BCUT2D eigenvalue weighted by Gasteiger charge is -2.12. The first kappa shape index (κ1) is 19.7. The summed E-state index contributed by atoms with van der Waals surface area (Å²) in [5.74, 6) is -1.12. The minimum absolute atomic E-state index is 0.133. The molecule has 0 spiro atoms. The van der Waals surface area contributed by atoms with Crippen molar-refractivity contribution in [3.05, 3.63) is 68.0 Å². The number of amides is 1. The van der Waals surface area contributed by atoms with Crippen LogP contribution in [-0.4, -0.2) is 33.6 Å². The fraction of sp³-hybridized carbons (Fsp3) is 0.105. The number of amidine groups is 1. The maximum absolute atomic E-state index is 12.7. The number of thioether (sulfide) groups is 1. The number of aromatic carboxylic acids is 1. The number of carbonyl (C=O) groups is 2. The summed E-state index contributed by atoms with van der Waals surface area (Å²) < 4.78 is 0.779. The van der Waals surface area contributed by atoms with Gasteiger partial charge in [0.1, 0.15) is 0 Å². The van der Waals surface area contributed by atoms with E-state index in [4.69, 9.17) is 16.7 Å². The number of hydrogen-bond donors (Lipinski definition) is 1. The molecule has 1 heterocycles. The Balaban J connectivity index is 1.90. The Morgan fingerprint density at radius 3 is 2.59 bits per heavy atom. The van der Waals surface area contributed by atoms with E-state index in [0.29, 0.717) is 27.3 Å². The Hall–Kier alpha value is -2.09. The number of rotatable bonds is 4. The molecule has 0 unspecified atom stereocenters. The molecule has 1 fully saturated rings. The van der Waals surface area contributed by atoms with Crippen LogP contribution in [0.1, 0.15) is 22.8 Å². The number of hydrogen-bond acceptors (Lipinski definition) is 4. The fourth-order valence-corrected chi connectivity index (χ4v) is 3.89. The number of aliphatic imine (C=N–C) groups is 1. The van der Waals surface area contributed by atoms with E-state index in [9.17, 15) is 9.59 Å². The summed E-state index contributed by atoms with van der Waals surface area (Å²) in [5.41, 5.74) is 1.61. The molecular formula is C19H14BrClN2O3S. The smallest absolute Gasteiger partial charge is 0.335 e. The maximum atomic E-state index is 12.7. The van der Waals surface area contributed by atoms with Crippen LogP contribution in [0.4, 0.5) is 5.69 Å². The van der Waals surface area contributed by atoms with Gasteiger partial charge in [-0.1, -0.05) is 23.7 Å². The molecule has 2 aromatic rings. The molecule has 1 amide bonds. The van der Waals surface area contributed by atoms with Gasteiger partial charge >= 0.3 is 5.97 Å². The molecule has 0 saturated carbocycles. The Labute approximate surface area is 173 Å². The van der Waals surface area contributed by atoms with E-state index in [1.807, 2.05) is 13.0 Å². The number of likely N-dealkylation sites (N-methyl/N-ethyl adjacent to an activating group) is 1. The zero-order valence-corrected chi connectivity index (χ0v) is 17.3. The number of carboxylic acid groups (broad SMARTS) is 1. The zero-order chi connectivity index (χ0) is 19.6. The third-order valence-electron chi connectivity index (χ3n) is 3.79. The molecule has 0 radical (unpaired) electrons. The summed E-state index contributed by atoms with van der Waals surface area (Å²) >= 11 is 10.7. The van der Waals surface area contributed by atoms with Crippen LogP contribution in [0.2, 0.25) is 5.02 Å². The predicted molar refractivity (Wildman–Crippen MR) is 113 cm³/mol. The van der Waals surface area contributed by atoms with Crippen molar-refractivity contribution in [3.63, 3.8) is 0 Å². The van der Waals surface area contributed by atoms with Gasteiger partial charge in [-0.15, -0.1) is 0 Å². The standard InChI is InChI=1S/C19H14BrClN2O3S/c1-2-23-17(24)16(9-11-3-5-12(6-4-11)18(25)26)27-19(23)22-13-7-8-14(20)15(21)10-13/h3-10H,2H2,1H3,(H,25,26)/b16-9-,22-19?. The molecule has 1 N–H and O–H groups in total. The van der Waals surface area contributed by atoms with Gasteiger partial charge in [-0.05, 0) is 76.6 Å². The third kappa shape index (κ3) is 4.43. The highest BCUT2D eigenvalue weighted by Crippen LogP contribution is 2.35. The molecule has 3 rings (SSSR count). The second-order valence-corrected chi connectivity index (χ2v) is 7.85. The zero-order valence-electron chi connectivity index (χ0n) is 14.1. The van der Waals surface area contributed by atoms with E-state index in [2.05, 4.69) is 20.9 Å². The number of benzene rings is 2. The Morgan fingerprint density at radius 2 is 2.00 bits per heavy atom. The third-order valence-corrected chi connectivity index (χ3v) is 6.03. The van der Waals surface area contributed by atoms with E-state index in [1.54, 1.807) is 35.2 Å². The van der Waals surface area contributed by atoms with Gasteiger partial charge in [-0.3, -0.25) is 9.69 Å². The Bertz CT molecular complexity index is 973. The van der Waals surface area contributed by atoms with Gasteiger partial charge < -0.3 is 5.11 Å². The van der Waals surface area contributed by atoms with Crippen LogP contribution in [0.25, 0.3) is 6.08 Å². The molecule has 27 heavy (non-hydrogen) atoms. The summed E-state index contributed by atoms with van der Waals surface area (Å²) in [6.45, 7) is 2.37.